The quantitative estimate of drug-likeness (QED) is 0.785. The Bertz CT molecular complexity index is 649. The molecular formula is C13H9BrClFN2S. The zero-order chi connectivity index (χ0) is 14.0. The predicted molar refractivity (Wildman–Crippen MR) is 84.7 cm³/mol. The standard InChI is InChI=1S/C13H9BrClFN2S/c14-10-6-8(2-4-11(10)16)18-12-5-7(15)1-3-9(12)13(17)19/h1-6,18H,(H2,17,19). The van der Waals surface area contributed by atoms with Gasteiger partial charge >= 0.3 is 0 Å². The summed E-state index contributed by atoms with van der Waals surface area (Å²) in [4.78, 5) is 0.264. The minimum absolute atomic E-state index is 0.264. The van der Waals surface area contributed by atoms with Crippen LogP contribution in [0, 0.1) is 5.82 Å². The van der Waals surface area contributed by atoms with Crippen LogP contribution in [0.25, 0.3) is 0 Å². The molecular weight excluding hydrogens is 351 g/mol. The van der Waals surface area contributed by atoms with Crippen molar-refractivity contribution in [1.82, 2.24) is 0 Å². The van der Waals surface area contributed by atoms with Gasteiger partial charge in [0.05, 0.1) is 10.2 Å². The highest BCUT2D eigenvalue weighted by molar-refractivity contribution is 9.10. The van der Waals surface area contributed by atoms with E-state index in [0.717, 1.165) is 0 Å². The molecule has 0 saturated heterocycles. The number of hydrogen-bond donors (Lipinski definition) is 2. The average molecular weight is 360 g/mol. The van der Waals surface area contributed by atoms with E-state index in [0.29, 0.717) is 26.4 Å². The summed E-state index contributed by atoms with van der Waals surface area (Å²) in [6.45, 7) is 0. The molecule has 19 heavy (non-hydrogen) atoms. The summed E-state index contributed by atoms with van der Waals surface area (Å²) in [5.41, 5.74) is 7.71. The molecule has 0 atom stereocenters. The number of nitrogens with two attached hydrogens (primary N) is 1. The van der Waals surface area contributed by atoms with E-state index in [1.165, 1.54) is 6.07 Å². The third-order valence-electron chi connectivity index (χ3n) is 2.45. The van der Waals surface area contributed by atoms with Crippen molar-refractivity contribution >= 4 is 56.1 Å². The lowest BCUT2D eigenvalue weighted by atomic mass is 10.1. The Morgan fingerprint density at radius 1 is 1.26 bits per heavy atom. The van der Waals surface area contributed by atoms with E-state index in [4.69, 9.17) is 29.6 Å². The Hall–Kier alpha value is -1.17. The molecule has 0 heterocycles. The third kappa shape index (κ3) is 3.43. The minimum atomic E-state index is -0.328. The second kappa shape index (κ2) is 5.86. The van der Waals surface area contributed by atoms with Crippen LogP contribution in [0.1, 0.15) is 5.56 Å². The van der Waals surface area contributed by atoms with Crippen LogP contribution in [0.2, 0.25) is 5.02 Å². The predicted octanol–water partition coefficient (Wildman–Crippen LogP) is 4.62. The first kappa shape index (κ1) is 14.2. The van der Waals surface area contributed by atoms with Gasteiger partial charge in [0.15, 0.2) is 0 Å². The van der Waals surface area contributed by atoms with Crippen LogP contribution in [0.15, 0.2) is 40.9 Å². The van der Waals surface area contributed by atoms with Crippen molar-refractivity contribution in [3.8, 4) is 0 Å². The van der Waals surface area contributed by atoms with Gasteiger partial charge in [-0.15, -0.1) is 0 Å². The summed E-state index contributed by atoms with van der Waals surface area (Å²) < 4.78 is 13.5. The first-order valence-corrected chi connectivity index (χ1v) is 6.87. The number of hydrogen-bond acceptors (Lipinski definition) is 2. The maximum atomic E-state index is 13.2. The molecule has 0 saturated carbocycles. The van der Waals surface area contributed by atoms with Gasteiger partial charge in [-0.25, -0.2) is 4.39 Å². The Morgan fingerprint density at radius 2 is 2.00 bits per heavy atom. The van der Waals surface area contributed by atoms with Gasteiger partial charge in [-0.05, 0) is 52.3 Å². The molecule has 0 unspecified atom stereocenters. The molecule has 0 bridgehead atoms. The molecule has 2 rings (SSSR count). The molecule has 2 aromatic rings. The molecule has 98 valence electrons. The van der Waals surface area contributed by atoms with Crippen molar-refractivity contribution in [3.63, 3.8) is 0 Å². The minimum Gasteiger partial charge on any atom is -0.389 e. The van der Waals surface area contributed by atoms with Gasteiger partial charge in [0.2, 0.25) is 0 Å². The summed E-state index contributed by atoms with van der Waals surface area (Å²) >= 11 is 14.1. The molecule has 3 N–H and O–H groups in total. The number of nitrogens with one attached hydrogen (secondary N) is 1. The van der Waals surface area contributed by atoms with E-state index in [2.05, 4.69) is 21.2 Å². The van der Waals surface area contributed by atoms with Crippen molar-refractivity contribution in [3.05, 3.63) is 57.3 Å². The topological polar surface area (TPSA) is 38.0 Å². The molecule has 0 spiro atoms. The molecule has 0 aliphatic rings. The van der Waals surface area contributed by atoms with Gasteiger partial charge in [-0.1, -0.05) is 23.8 Å². The summed E-state index contributed by atoms with van der Waals surface area (Å²) in [6, 6.07) is 9.77. The Morgan fingerprint density at radius 3 is 2.63 bits per heavy atom. The normalized spacial score (nSPS) is 10.3. The first-order valence-electron chi connectivity index (χ1n) is 5.29. The molecule has 6 heteroatoms. The fourth-order valence-corrected chi connectivity index (χ4v) is 2.29. The van der Waals surface area contributed by atoms with Gasteiger partial charge in [-0.2, -0.15) is 0 Å². The molecule has 0 aliphatic heterocycles. The monoisotopic (exact) mass is 358 g/mol. The van der Waals surface area contributed by atoms with Gasteiger partial charge in [-0.3, -0.25) is 0 Å². The first-order chi connectivity index (χ1) is 8.97. The van der Waals surface area contributed by atoms with E-state index in [1.54, 1.807) is 30.3 Å². The molecule has 0 aromatic heterocycles. The van der Waals surface area contributed by atoms with Crippen LogP contribution in [-0.2, 0) is 0 Å². The SMILES string of the molecule is NC(=S)c1ccc(Cl)cc1Nc1ccc(F)c(Br)c1. The van der Waals surface area contributed by atoms with E-state index in [9.17, 15) is 4.39 Å². The van der Waals surface area contributed by atoms with Crippen molar-refractivity contribution in [1.29, 1.82) is 0 Å². The maximum Gasteiger partial charge on any atom is 0.137 e. The van der Waals surface area contributed by atoms with Crippen LogP contribution in [0.3, 0.4) is 0 Å². The molecule has 2 nitrogen and oxygen atoms in total. The maximum absolute atomic E-state index is 13.2. The fraction of sp³-hybridized carbons (Fsp3) is 0. The van der Waals surface area contributed by atoms with E-state index in [1.807, 2.05) is 0 Å². The lowest BCUT2D eigenvalue weighted by Gasteiger charge is -2.12. The third-order valence-corrected chi connectivity index (χ3v) is 3.51. The van der Waals surface area contributed by atoms with Crippen molar-refractivity contribution in [2.24, 2.45) is 5.73 Å². The van der Waals surface area contributed by atoms with Gasteiger partial charge in [0.1, 0.15) is 10.8 Å². The van der Waals surface area contributed by atoms with Crippen LogP contribution >= 0.6 is 39.7 Å². The van der Waals surface area contributed by atoms with E-state index >= 15 is 0 Å². The number of benzene rings is 2. The number of rotatable bonds is 3. The number of anilines is 2. The summed E-state index contributed by atoms with van der Waals surface area (Å²) in [5.74, 6) is -0.328. The molecule has 0 aliphatic carbocycles. The number of thiocarbonyl (C=S) groups is 1. The summed E-state index contributed by atoms with van der Waals surface area (Å²) in [5, 5.41) is 3.67. The second-order valence-corrected chi connectivity index (χ2v) is 5.54. The smallest absolute Gasteiger partial charge is 0.137 e. The van der Waals surface area contributed by atoms with E-state index < -0.39 is 0 Å². The van der Waals surface area contributed by atoms with Crippen molar-refractivity contribution < 1.29 is 4.39 Å². The Balaban J connectivity index is 2.39. The lowest BCUT2D eigenvalue weighted by Crippen LogP contribution is -2.11. The highest BCUT2D eigenvalue weighted by atomic mass is 79.9. The second-order valence-electron chi connectivity index (χ2n) is 3.81. The molecule has 0 radical (unpaired) electrons. The fourth-order valence-electron chi connectivity index (χ4n) is 1.56. The molecule has 0 amide bonds. The summed E-state index contributed by atoms with van der Waals surface area (Å²) in [7, 11) is 0. The van der Waals surface area contributed by atoms with E-state index in [-0.39, 0.29) is 10.8 Å². The largest absolute Gasteiger partial charge is 0.389 e. The number of halogens is 3. The Kier molecular flexibility index (Phi) is 4.39. The van der Waals surface area contributed by atoms with Crippen molar-refractivity contribution in [2.75, 3.05) is 5.32 Å². The van der Waals surface area contributed by atoms with Crippen molar-refractivity contribution in [2.45, 2.75) is 0 Å². The zero-order valence-electron chi connectivity index (χ0n) is 9.58. The van der Waals surface area contributed by atoms with Crippen LogP contribution in [0.4, 0.5) is 15.8 Å². The lowest BCUT2D eigenvalue weighted by molar-refractivity contribution is 0.621. The molecule has 2 aromatic carbocycles. The van der Waals surface area contributed by atoms with Crippen LogP contribution < -0.4 is 11.1 Å². The van der Waals surface area contributed by atoms with Crippen LogP contribution in [-0.4, -0.2) is 4.99 Å². The summed E-state index contributed by atoms with van der Waals surface area (Å²) in [6.07, 6.45) is 0. The van der Waals surface area contributed by atoms with Gasteiger partial charge in [0.25, 0.3) is 0 Å². The van der Waals surface area contributed by atoms with Crippen LogP contribution in [0.5, 0.6) is 0 Å². The molecule has 0 fully saturated rings. The zero-order valence-corrected chi connectivity index (χ0v) is 12.7. The van der Waals surface area contributed by atoms with Gasteiger partial charge in [0, 0.05) is 16.3 Å². The Labute approximate surface area is 128 Å². The highest BCUT2D eigenvalue weighted by Gasteiger charge is 2.07. The average Bonchev–Trinajstić information content (AvgIpc) is 2.33. The van der Waals surface area contributed by atoms with Gasteiger partial charge < -0.3 is 11.1 Å². The highest BCUT2D eigenvalue weighted by Crippen LogP contribution is 2.27.